The first-order chi connectivity index (χ1) is 9.52. The molecular weight excluding hydrogens is 342 g/mol. The molecule has 118 valence electrons. The van der Waals surface area contributed by atoms with Gasteiger partial charge >= 0.3 is 5.97 Å². The second-order valence-electron chi connectivity index (χ2n) is 4.59. The van der Waals surface area contributed by atoms with Crippen LogP contribution in [0.2, 0.25) is 0 Å². The Bertz CT molecular complexity index is 651. The van der Waals surface area contributed by atoms with Gasteiger partial charge in [0.05, 0.1) is 16.2 Å². The van der Waals surface area contributed by atoms with Crippen molar-refractivity contribution >= 4 is 39.0 Å². The van der Waals surface area contributed by atoms with Crippen molar-refractivity contribution in [2.24, 2.45) is 0 Å². The van der Waals surface area contributed by atoms with Crippen LogP contribution in [0, 0.1) is 6.92 Å². The van der Waals surface area contributed by atoms with Gasteiger partial charge in [-0.3, -0.25) is 0 Å². The second kappa shape index (κ2) is 6.50. The van der Waals surface area contributed by atoms with Gasteiger partial charge in [-0.2, -0.15) is 0 Å². The van der Waals surface area contributed by atoms with Crippen LogP contribution in [0.1, 0.15) is 41.3 Å². The van der Waals surface area contributed by atoms with Crippen molar-refractivity contribution < 1.29 is 22.7 Å². The SMILES string of the molecule is CCCCS(=O)(=O)c1c(C(F)(Cl)Cl)ccc(C(=O)O)c1C. The normalized spacial score (nSPS) is 12.4. The summed E-state index contributed by atoms with van der Waals surface area (Å²) < 4.78 is 35.7. The molecule has 0 amide bonds. The lowest BCUT2D eigenvalue weighted by Gasteiger charge is -2.19. The van der Waals surface area contributed by atoms with E-state index >= 15 is 0 Å². The summed E-state index contributed by atoms with van der Waals surface area (Å²) in [7, 11) is -3.90. The molecule has 0 aromatic heterocycles. The quantitative estimate of drug-likeness (QED) is 0.786. The number of benzene rings is 1. The van der Waals surface area contributed by atoms with Crippen LogP contribution >= 0.6 is 23.2 Å². The summed E-state index contributed by atoms with van der Waals surface area (Å²) in [6.07, 6.45) is 0.983. The number of unbranched alkanes of at least 4 members (excludes halogenated alkanes) is 1. The monoisotopic (exact) mass is 356 g/mol. The summed E-state index contributed by atoms with van der Waals surface area (Å²) in [5, 5.41) is 9.07. The van der Waals surface area contributed by atoms with Gasteiger partial charge in [-0.15, -0.1) is 0 Å². The third-order valence-electron chi connectivity index (χ3n) is 3.02. The number of sulfone groups is 1. The number of hydrogen-bond donors (Lipinski definition) is 1. The minimum Gasteiger partial charge on any atom is -0.478 e. The molecule has 1 aromatic rings. The van der Waals surface area contributed by atoms with Crippen molar-refractivity contribution in [1.29, 1.82) is 0 Å². The predicted octanol–water partition coefficient (Wildman–Crippen LogP) is 3.82. The maximum absolute atomic E-state index is 13.9. The predicted molar refractivity (Wildman–Crippen MR) is 79.6 cm³/mol. The van der Waals surface area contributed by atoms with E-state index in [0.29, 0.717) is 12.8 Å². The number of carbonyl (C=O) groups is 1. The molecule has 8 heteroatoms. The van der Waals surface area contributed by atoms with Crippen LogP contribution in [0.25, 0.3) is 0 Å². The van der Waals surface area contributed by atoms with E-state index < -0.39 is 30.9 Å². The summed E-state index contributed by atoms with van der Waals surface area (Å²) in [6, 6.07) is 2.08. The number of rotatable bonds is 6. The molecule has 4 nitrogen and oxygen atoms in total. The highest BCUT2D eigenvalue weighted by Crippen LogP contribution is 2.41. The average molecular weight is 357 g/mol. The van der Waals surface area contributed by atoms with Gasteiger partial charge in [0.25, 0.3) is 4.59 Å². The fourth-order valence-corrected chi connectivity index (χ4v) is 4.40. The van der Waals surface area contributed by atoms with Crippen LogP contribution in [-0.2, 0) is 14.4 Å². The third kappa shape index (κ3) is 4.08. The number of carboxylic acids is 1. The lowest BCUT2D eigenvalue weighted by molar-refractivity contribution is 0.0695. The van der Waals surface area contributed by atoms with E-state index in [0.717, 1.165) is 12.1 Å². The van der Waals surface area contributed by atoms with E-state index in [9.17, 15) is 17.6 Å². The Morgan fingerprint density at radius 1 is 1.38 bits per heavy atom. The molecule has 0 aliphatic carbocycles. The van der Waals surface area contributed by atoms with Crippen LogP contribution in [0.15, 0.2) is 17.0 Å². The Hall–Kier alpha value is -0.850. The Morgan fingerprint density at radius 2 is 1.95 bits per heavy atom. The van der Waals surface area contributed by atoms with E-state index in [4.69, 9.17) is 28.3 Å². The molecule has 1 N–H and O–H groups in total. The largest absolute Gasteiger partial charge is 0.478 e. The van der Waals surface area contributed by atoms with E-state index in [1.54, 1.807) is 6.92 Å². The first-order valence-electron chi connectivity index (χ1n) is 6.19. The Labute approximate surface area is 132 Å². The first-order valence-corrected chi connectivity index (χ1v) is 8.60. The molecule has 0 atom stereocenters. The average Bonchev–Trinajstić information content (AvgIpc) is 2.34. The maximum atomic E-state index is 13.9. The zero-order valence-corrected chi connectivity index (χ0v) is 13.8. The molecule has 0 heterocycles. The van der Waals surface area contributed by atoms with Gasteiger partial charge in [-0.1, -0.05) is 42.6 Å². The number of aromatic carboxylic acids is 1. The summed E-state index contributed by atoms with van der Waals surface area (Å²) in [4.78, 5) is 10.7. The highest BCUT2D eigenvalue weighted by Gasteiger charge is 2.35. The van der Waals surface area contributed by atoms with Crippen molar-refractivity contribution in [3.05, 3.63) is 28.8 Å². The lowest BCUT2D eigenvalue weighted by Crippen LogP contribution is -2.18. The van der Waals surface area contributed by atoms with E-state index in [1.807, 2.05) is 0 Å². The van der Waals surface area contributed by atoms with Gasteiger partial charge in [0.1, 0.15) is 0 Å². The van der Waals surface area contributed by atoms with Crippen molar-refractivity contribution in [3.63, 3.8) is 0 Å². The highest BCUT2D eigenvalue weighted by molar-refractivity contribution is 7.91. The minimum absolute atomic E-state index is 0.0700. The summed E-state index contributed by atoms with van der Waals surface area (Å²) in [5.41, 5.74) is -0.754. The molecule has 0 aliphatic rings. The minimum atomic E-state index is -3.90. The molecule has 21 heavy (non-hydrogen) atoms. The fraction of sp³-hybridized carbons (Fsp3) is 0.462. The number of hydrogen-bond acceptors (Lipinski definition) is 3. The van der Waals surface area contributed by atoms with Crippen molar-refractivity contribution in [2.75, 3.05) is 5.75 Å². The molecule has 0 saturated carbocycles. The van der Waals surface area contributed by atoms with Crippen LogP contribution in [-0.4, -0.2) is 25.2 Å². The molecule has 0 bridgehead atoms. The van der Waals surface area contributed by atoms with Gasteiger partial charge in [0.15, 0.2) is 9.84 Å². The van der Waals surface area contributed by atoms with Crippen LogP contribution in [0.3, 0.4) is 0 Å². The summed E-state index contributed by atoms with van der Waals surface area (Å²) in [6.45, 7) is 3.10. The smallest absolute Gasteiger partial charge is 0.335 e. The molecule has 0 spiro atoms. The molecule has 0 unspecified atom stereocenters. The van der Waals surface area contributed by atoms with E-state index in [2.05, 4.69) is 0 Å². The summed E-state index contributed by atoms with van der Waals surface area (Å²) in [5.74, 6) is -1.54. The maximum Gasteiger partial charge on any atom is 0.335 e. The third-order valence-corrected chi connectivity index (χ3v) is 5.40. The standard InChI is InChI=1S/C13H15Cl2FO4S/c1-3-4-7-21(19,20)11-8(2)9(12(17)18)5-6-10(11)13(14,15)16/h5-6H,3-4,7H2,1-2H3,(H,17,18). The van der Waals surface area contributed by atoms with Crippen molar-refractivity contribution in [2.45, 2.75) is 36.2 Å². The van der Waals surface area contributed by atoms with Gasteiger partial charge in [0, 0.05) is 5.56 Å². The van der Waals surface area contributed by atoms with Crippen molar-refractivity contribution in [1.82, 2.24) is 0 Å². The molecule has 1 aromatic carbocycles. The van der Waals surface area contributed by atoms with E-state index in [-0.39, 0.29) is 16.9 Å². The molecule has 1 rings (SSSR count). The number of halogens is 3. The molecule has 0 aliphatic heterocycles. The zero-order chi connectivity index (χ0) is 16.4. The van der Waals surface area contributed by atoms with Crippen molar-refractivity contribution in [3.8, 4) is 0 Å². The van der Waals surface area contributed by atoms with Gasteiger partial charge in [-0.05, 0) is 25.0 Å². The molecule has 0 radical (unpaired) electrons. The second-order valence-corrected chi connectivity index (χ2v) is 7.87. The Balaban J connectivity index is 3.66. The van der Waals surface area contributed by atoms with Crippen LogP contribution in [0.5, 0.6) is 0 Å². The topological polar surface area (TPSA) is 71.4 Å². The van der Waals surface area contributed by atoms with Crippen LogP contribution < -0.4 is 0 Å². The molecule has 0 fully saturated rings. The number of alkyl halides is 3. The first kappa shape index (κ1) is 18.2. The highest BCUT2D eigenvalue weighted by atomic mass is 35.5. The lowest BCUT2D eigenvalue weighted by atomic mass is 10.1. The molecule has 0 saturated heterocycles. The molecular formula is C13H15Cl2FO4S. The zero-order valence-electron chi connectivity index (χ0n) is 11.5. The van der Waals surface area contributed by atoms with Crippen LogP contribution in [0.4, 0.5) is 4.39 Å². The Kier molecular flexibility index (Phi) is 5.63. The van der Waals surface area contributed by atoms with Gasteiger partial charge < -0.3 is 5.11 Å². The van der Waals surface area contributed by atoms with Gasteiger partial charge in [0.2, 0.25) is 0 Å². The summed E-state index contributed by atoms with van der Waals surface area (Å²) >= 11 is 10.8. The van der Waals surface area contributed by atoms with E-state index in [1.165, 1.54) is 6.92 Å². The number of carboxylic acid groups (broad SMARTS) is 1. The van der Waals surface area contributed by atoms with Gasteiger partial charge in [-0.25, -0.2) is 17.6 Å². The Morgan fingerprint density at radius 3 is 2.38 bits per heavy atom. The fourth-order valence-electron chi connectivity index (χ4n) is 1.98.